The van der Waals surface area contributed by atoms with Crippen LogP contribution in [0.4, 0.5) is 11.8 Å². The van der Waals surface area contributed by atoms with E-state index < -0.39 is 6.10 Å². The summed E-state index contributed by atoms with van der Waals surface area (Å²) in [5, 5.41) is 16.9. The summed E-state index contributed by atoms with van der Waals surface area (Å²) in [7, 11) is 0. The van der Waals surface area contributed by atoms with Crippen LogP contribution in [0.25, 0.3) is 11.2 Å². The van der Waals surface area contributed by atoms with Crippen molar-refractivity contribution in [2.24, 2.45) is 0 Å². The molecule has 0 unspecified atom stereocenters. The molecule has 0 spiro atoms. The molecule has 0 aliphatic rings. The zero-order valence-electron chi connectivity index (χ0n) is 16.9. The smallest absolute Gasteiger partial charge is 0.227 e. The summed E-state index contributed by atoms with van der Waals surface area (Å²) in [6.45, 7) is 8.77. The second-order valence-corrected chi connectivity index (χ2v) is 7.16. The largest absolute Gasteiger partial charge is 0.391 e. The molecular weight excluding hydrogens is 354 g/mol. The number of nitrogens with zero attached hydrogens (tertiary/aromatic N) is 5. The number of imidazole rings is 1. The standard InChI is InChI=1S/C20H29N7O/c1-5-15(16(28)6-2)24-20-25-18(22-11-14-8-7-9-21-10-14)17-19(26-20)27(12-23-17)13(3)4/h7-10,12-13,15-16,28H,5-6,11H2,1-4H3,(H2,22,24,25,26)/t15-,16+/m0/s1. The number of hydrogen-bond acceptors (Lipinski definition) is 7. The van der Waals surface area contributed by atoms with Gasteiger partial charge in [-0.3, -0.25) is 4.98 Å². The normalized spacial score (nSPS) is 13.6. The van der Waals surface area contributed by atoms with Crippen LogP contribution in [0.2, 0.25) is 0 Å². The van der Waals surface area contributed by atoms with Crippen LogP contribution in [0.15, 0.2) is 30.9 Å². The van der Waals surface area contributed by atoms with E-state index in [0.717, 1.165) is 23.1 Å². The molecule has 3 rings (SSSR count). The third-order valence-electron chi connectivity index (χ3n) is 4.80. The van der Waals surface area contributed by atoms with Crippen molar-refractivity contribution in [1.29, 1.82) is 0 Å². The molecule has 28 heavy (non-hydrogen) atoms. The average molecular weight is 384 g/mol. The predicted octanol–water partition coefficient (Wildman–Crippen LogP) is 3.38. The van der Waals surface area contributed by atoms with Crippen LogP contribution >= 0.6 is 0 Å². The maximum atomic E-state index is 10.3. The Balaban J connectivity index is 1.95. The molecule has 0 aromatic carbocycles. The first kappa shape index (κ1) is 20.0. The zero-order chi connectivity index (χ0) is 20.1. The van der Waals surface area contributed by atoms with Crippen LogP contribution in [0.5, 0.6) is 0 Å². The summed E-state index contributed by atoms with van der Waals surface area (Å²) < 4.78 is 2.02. The molecule has 0 radical (unpaired) electrons. The summed E-state index contributed by atoms with van der Waals surface area (Å²) >= 11 is 0. The number of anilines is 2. The van der Waals surface area contributed by atoms with Gasteiger partial charge in [-0.25, -0.2) is 4.98 Å². The van der Waals surface area contributed by atoms with Gasteiger partial charge < -0.3 is 20.3 Å². The van der Waals surface area contributed by atoms with Crippen LogP contribution in [0.1, 0.15) is 52.1 Å². The minimum atomic E-state index is -0.453. The number of aliphatic hydroxyl groups is 1. The second kappa shape index (κ2) is 8.97. The molecule has 3 N–H and O–H groups in total. The summed E-state index contributed by atoms with van der Waals surface area (Å²) in [6, 6.07) is 4.03. The van der Waals surface area contributed by atoms with Crippen molar-refractivity contribution in [3.05, 3.63) is 36.4 Å². The van der Waals surface area contributed by atoms with Crippen molar-refractivity contribution in [2.75, 3.05) is 10.6 Å². The van der Waals surface area contributed by atoms with E-state index >= 15 is 0 Å². The van der Waals surface area contributed by atoms with E-state index in [2.05, 4.69) is 39.4 Å². The van der Waals surface area contributed by atoms with Gasteiger partial charge in [-0.05, 0) is 38.3 Å². The van der Waals surface area contributed by atoms with Gasteiger partial charge in [0, 0.05) is 25.0 Å². The Hall–Kier alpha value is -2.74. The molecule has 150 valence electrons. The molecule has 2 atom stereocenters. The topological polar surface area (TPSA) is 101 Å². The first-order valence-electron chi connectivity index (χ1n) is 9.85. The van der Waals surface area contributed by atoms with E-state index in [1.807, 2.05) is 36.7 Å². The molecular formula is C20H29N7O. The monoisotopic (exact) mass is 383 g/mol. The predicted molar refractivity (Wildman–Crippen MR) is 111 cm³/mol. The lowest BCUT2D eigenvalue weighted by Crippen LogP contribution is -2.33. The average Bonchev–Trinajstić information content (AvgIpc) is 3.14. The molecule has 0 bridgehead atoms. The highest BCUT2D eigenvalue weighted by molar-refractivity contribution is 5.84. The lowest BCUT2D eigenvalue weighted by molar-refractivity contribution is 0.146. The number of aliphatic hydroxyl groups excluding tert-OH is 1. The maximum absolute atomic E-state index is 10.3. The van der Waals surface area contributed by atoms with Gasteiger partial charge in [-0.15, -0.1) is 0 Å². The van der Waals surface area contributed by atoms with Gasteiger partial charge in [0.2, 0.25) is 5.95 Å². The Bertz CT molecular complexity index is 894. The highest BCUT2D eigenvalue weighted by atomic mass is 16.3. The fourth-order valence-electron chi connectivity index (χ4n) is 3.09. The highest BCUT2D eigenvalue weighted by Crippen LogP contribution is 2.24. The van der Waals surface area contributed by atoms with E-state index in [9.17, 15) is 5.11 Å². The van der Waals surface area contributed by atoms with E-state index in [4.69, 9.17) is 4.98 Å². The van der Waals surface area contributed by atoms with Crippen molar-refractivity contribution < 1.29 is 5.11 Å². The SMILES string of the molecule is CC[C@@H](O)[C@H](CC)Nc1nc(NCc2cccnc2)c2ncn(C(C)C)c2n1. The second-order valence-electron chi connectivity index (χ2n) is 7.16. The summed E-state index contributed by atoms with van der Waals surface area (Å²) in [4.78, 5) is 18.0. The number of fused-ring (bicyclic) bond motifs is 1. The number of rotatable bonds is 9. The van der Waals surface area contributed by atoms with Gasteiger partial charge in [0.15, 0.2) is 17.0 Å². The zero-order valence-corrected chi connectivity index (χ0v) is 16.9. The molecule has 0 aliphatic heterocycles. The van der Waals surface area contributed by atoms with Gasteiger partial charge in [0.1, 0.15) is 0 Å². The Morgan fingerprint density at radius 3 is 2.64 bits per heavy atom. The van der Waals surface area contributed by atoms with E-state index in [1.54, 1.807) is 12.5 Å². The van der Waals surface area contributed by atoms with Gasteiger partial charge >= 0.3 is 0 Å². The first-order valence-corrected chi connectivity index (χ1v) is 9.85. The van der Waals surface area contributed by atoms with Crippen molar-refractivity contribution in [3.8, 4) is 0 Å². The maximum Gasteiger partial charge on any atom is 0.227 e. The molecule has 8 heteroatoms. The van der Waals surface area contributed by atoms with Crippen LogP contribution in [0, 0.1) is 0 Å². The fourth-order valence-corrected chi connectivity index (χ4v) is 3.09. The molecule has 0 amide bonds. The minimum Gasteiger partial charge on any atom is -0.391 e. The van der Waals surface area contributed by atoms with Crippen LogP contribution < -0.4 is 10.6 Å². The van der Waals surface area contributed by atoms with Gasteiger partial charge in [-0.1, -0.05) is 19.9 Å². The van der Waals surface area contributed by atoms with Crippen molar-refractivity contribution >= 4 is 22.9 Å². The highest BCUT2D eigenvalue weighted by Gasteiger charge is 2.19. The number of nitrogens with one attached hydrogen (secondary N) is 2. The van der Waals surface area contributed by atoms with Gasteiger partial charge in [0.05, 0.1) is 18.5 Å². The molecule has 3 aromatic heterocycles. The molecule has 0 fully saturated rings. The quantitative estimate of drug-likeness (QED) is 0.521. The molecule has 0 aliphatic carbocycles. The molecule has 3 aromatic rings. The van der Waals surface area contributed by atoms with Crippen molar-refractivity contribution in [3.63, 3.8) is 0 Å². The van der Waals surface area contributed by atoms with E-state index in [1.165, 1.54) is 0 Å². The first-order chi connectivity index (χ1) is 13.5. The number of aromatic nitrogens is 5. The van der Waals surface area contributed by atoms with Crippen LogP contribution in [-0.4, -0.2) is 41.8 Å². The molecule has 0 saturated heterocycles. The Kier molecular flexibility index (Phi) is 6.41. The minimum absolute atomic E-state index is 0.107. The number of pyridine rings is 1. The van der Waals surface area contributed by atoms with Gasteiger partial charge in [0.25, 0.3) is 0 Å². The third-order valence-corrected chi connectivity index (χ3v) is 4.80. The lowest BCUT2D eigenvalue weighted by atomic mass is 10.1. The fraction of sp³-hybridized carbons (Fsp3) is 0.500. The molecule has 3 heterocycles. The van der Waals surface area contributed by atoms with Crippen LogP contribution in [-0.2, 0) is 6.54 Å². The van der Waals surface area contributed by atoms with Crippen LogP contribution in [0.3, 0.4) is 0 Å². The molecule has 0 saturated carbocycles. The summed E-state index contributed by atoms with van der Waals surface area (Å²) in [5.41, 5.74) is 2.55. The lowest BCUT2D eigenvalue weighted by Gasteiger charge is -2.22. The Labute approximate surface area is 165 Å². The van der Waals surface area contributed by atoms with Crippen molar-refractivity contribution in [1.82, 2.24) is 24.5 Å². The van der Waals surface area contributed by atoms with Gasteiger partial charge in [-0.2, -0.15) is 9.97 Å². The summed E-state index contributed by atoms with van der Waals surface area (Å²) in [5.74, 6) is 1.15. The van der Waals surface area contributed by atoms with E-state index in [0.29, 0.717) is 24.7 Å². The Morgan fingerprint density at radius 1 is 1.18 bits per heavy atom. The number of hydrogen-bond donors (Lipinski definition) is 3. The molecule has 8 nitrogen and oxygen atoms in total. The summed E-state index contributed by atoms with van der Waals surface area (Å²) in [6.07, 6.45) is 6.36. The Morgan fingerprint density at radius 2 is 2.00 bits per heavy atom. The van der Waals surface area contributed by atoms with Crippen molar-refractivity contribution in [2.45, 2.75) is 65.3 Å². The van der Waals surface area contributed by atoms with E-state index in [-0.39, 0.29) is 12.1 Å². The third kappa shape index (κ3) is 4.39.